The molecule has 1 saturated heterocycles. The normalized spacial score (nSPS) is 16.9. The Kier molecular flexibility index (Phi) is 7.15. The minimum atomic E-state index is -0.124. The van der Waals surface area contributed by atoms with E-state index in [4.69, 9.17) is 14.7 Å². The van der Waals surface area contributed by atoms with E-state index in [1.54, 1.807) is 0 Å². The molecule has 0 aliphatic carbocycles. The van der Waals surface area contributed by atoms with Crippen molar-refractivity contribution in [1.29, 1.82) is 0 Å². The third kappa shape index (κ3) is 5.18. The molecule has 2 aromatic heterocycles. The fourth-order valence-corrected chi connectivity index (χ4v) is 5.18. The van der Waals surface area contributed by atoms with Crippen LogP contribution in [0.4, 0.5) is 0 Å². The molecule has 1 atom stereocenters. The van der Waals surface area contributed by atoms with Gasteiger partial charge in [0.25, 0.3) is 5.91 Å². The number of ether oxygens (including phenoxy) is 1. The number of nitrogens with one attached hydrogen (secondary N) is 1. The van der Waals surface area contributed by atoms with Crippen molar-refractivity contribution >= 4 is 27.5 Å². The van der Waals surface area contributed by atoms with Gasteiger partial charge in [0.1, 0.15) is 10.7 Å². The molecule has 6 nitrogen and oxygen atoms in total. The Morgan fingerprint density at radius 3 is 2.47 bits per heavy atom. The van der Waals surface area contributed by atoms with Gasteiger partial charge in [0.2, 0.25) is 0 Å². The smallest absolute Gasteiger partial charge is 0.261 e. The van der Waals surface area contributed by atoms with Crippen molar-refractivity contribution in [1.82, 2.24) is 20.2 Å². The lowest BCUT2D eigenvalue weighted by Crippen LogP contribution is -2.49. The predicted molar refractivity (Wildman–Crippen MR) is 124 cm³/mol. The average Bonchev–Trinajstić information content (AvgIpc) is 3.02. The molecule has 1 aliphatic rings. The van der Waals surface area contributed by atoms with Gasteiger partial charge in [-0.05, 0) is 31.7 Å². The maximum Gasteiger partial charge on any atom is 0.261 e. The van der Waals surface area contributed by atoms with Gasteiger partial charge in [0.15, 0.2) is 0 Å². The highest BCUT2D eigenvalue weighted by Crippen LogP contribution is 2.33. The molecule has 1 N–H and O–H groups in total. The van der Waals surface area contributed by atoms with Crippen LogP contribution in [0.3, 0.4) is 0 Å². The number of nitrogens with zero attached hydrogens (tertiary/aromatic N) is 3. The van der Waals surface area contributed by atoms with Gasteiger partial charge >= 0.3 is 0 Å². The van der Waals surface area contributed by atoms with Gasteiger partial charge in [0, 0.05) is 36.5 Å². The van der Waals surface area contributed by atoms with E-state index in [9.17, 15) is 4.79 Å². The van der Waals surface area contributed by atoms with E-state index in [1.165, 1.54) is 11.3 Å². The molecule has 0 bridgehead atoms. The Labute approximate surface area is 184 Å². The monoisotopic (exact) mass is 432 g/mol. The lowest BCUT2D eigenvalue weighted by Gasteiger charge is -2.35. The Morgan fingerprint density at radius 2 is 1.87 bits per heavy atom. The van der Waals surface area contributed by atoms with Crippen molar-refractivity contribution in [2.24, 2.45) is 5.92 Å². The van der Waals surface area contributed by atoms with Gasteiger partial charge in [-0.25, -0.2) is 9.97 Å². The predicted octanol–water partition coefficient (Wildman–Crippen LogP) is 4.08. The number of aromatic nitrogens is 2. The highest BCUT2D eigenvalue weighted by molar-refractivity contribution is 7.20. The van der Waals surface area contributed by atoms with Crippen LogP contribution in [-0.4, -0.2) is 59.7 Å². The maximum atomic E-state index is 13.1. The summed E-state index contributed by atoms with van der Waals surface area (Å²) in [6.45, 7) is 18.9. The highest BCUT2D eigenvalue weighted by atomic mass is 32.1. The summed E-state index contributed by atoms with van der Waals surface area (Å²) in [7, 11) is 0. The molecule has 0 unspecified atom stereocenters. The first-order valence-electron chi connectivity index (χ1n) is 11.0. The number of thiophene rings is 1. The van der Waals surface area contributed by atoms with Crippen molar-refractivity contribution in [3.8, 4) is 0 Å². The molecular weight excluding hydrogens is 396 g/mol. The lowest BCUT2D eigenvalue weighted by atomic mass is 9.95. The van der Waals surface area contributed by atoms with Crippen molar-refractivity contribution in [2.75, 3.05) is 32.8 Å². The van der Waals surface area contributed by atoms with E-state index in [0.29, 0.717) is 18.5 Å². The number of carbonyl (C=O) groups excluding carboxylic acids is 1. The average molecular weight is 433 g/mol. The molecule has 2 aromatic rings. The molecule has 30 heavy (non-hydrogen) atoms. The van der Waals surface area contributed by atoms with Crippen LogP contribution in [0.2, 0.25) is 0 Å². The molecule has 7 heteroatoms. The highest BCUT2D eigenvalue weighted by Gasteiger charge is 2.25. The van der Waals surface area contributed by atoms with Crippen LogP contribution >= 0.6 is 11.3 Å². The number of hydrogen-bond donors (Lipinski definition) is 1. The van der Waals surface area contributed by atoms with Crippen molar-refractivity contribution in [2.45, 2.75) is 66.3 Å². The van der Waals surface area contributed by atoms with E-state index in [-0.39, 0.29) is 11.3 Å². The van der Waals surface area contributed by atoms with Crippen molar-refractivity contribution in [3.63, 3.8) is 0 Å². The summed E-state index contributed by atoms with van der Waals surface area (Å²) in [6, 6.07) is 0.335. The first-order chi connectivity index (χ1) is 14.1. The minimum absolute atomic E-state index is 0.00535. The minimum Gasteiger partial charge on any atom is -0.379 e. The molecule has 0 aromatic carbocycles. The van der Waals surface area contributed by atoms with E-state index in [1.807, 2.05) is 13.8 Å². The van der Waals surface area contributed by atoms with Crippen LogP contribution in [0.5, 0.6) is 0 Å². The van der Waals surface area contributed by atoms with Gasteiger partial charge in [0.05, 0.1) is 23.8 Å². The van der Waals surface area contributed by atoms with Crippen LogP contribution in [0.15, 0.2) is 0 Å². The number of rotatable bonds is 6. The number of hydrogen-bond acceptors (Lipinski definition) is 6. The molecule has 166 valence electrons. The number of aryl methyl sites for hydroxylation is 2. The lowest BCUT2D eigenvalue weighted by molar-refractivity contribution is 0.0125. The van der Waals surface area contributed by atoms with E-state index in [2.05, 4.69) is 44.8 Å². The van der Waals surface area contributed by atoms with E-state index in [0.717, 1.165) is 64.9 Å². The third-order valence-corrected chi connectivity index (χ3v) is 6.84. The SMILES string of the molecule is Cc1nc(C(C)(C)C)nc2sc(C(=O)NC[C@H](CC(C)C)N3CCOCC3)c(C)c12. The molecule has 0 spiro atoms. The Morgan fingerprint density at radius 1 is 1.20 bits per heavy atom. The summed E-state index contributed by atoms with van der Waals surface area (Å²) in [5.74, 6) is 1.40. The van der Waals surface area contributed by atoms with Crippen molar-refractivity contribution in [3.05, 3.63) is 22.0 Å². The number of carbonyl (C=O) groups is 1. The molecule has 1 fully saturated rings. The zero-order chi connectivity index (χ0) is 22.1. The van der Waals surface area contributed by atoms with Gasteiger partial charge in [-0.3, -0.25) is 9.69 Å². The second-order valence-corrected chi connectivity index (χ2v) is 10.8. The Bertz CT molecular complexity index is 895. The summed E-state index contributed by atoms with van der Waals surface area (Å²) in [5.41, 5.74) is 1.81. The summed E-state index contributed by atoms with van der Waals surface area (Å²) in [5, 5.41) is 4.23. The van der Waals surface area contributed by atoms with Gasteiger partial charge in [-0.15, -0.1) is 11.3 Å². The summed E-state index contributed by atoms with van der Waals surface area (Å²) in [4.78, 5) is 26.7. The summed E-state index contributed by atoms with van der Waals surface area (Å²) in [6.07, 6.45) is 1.06. The standard InChI is InChI=1S/C23H36N4O2S/c1-14(2)12-17(27-8-10-29-11-9-27)13-24-20(28)19-15(3)18-16(4)25-22(23(5,6)7)26-21(18)30-19/h14,17H,8-13H2,1-7H3,(H,24,28)/t17-/m0/s1. The fraction of sp³-hybridized carbons (Fsp3) is 0.696. The second kappa shape index (κ2) is 9.28. The summed E-state index contributed by atoms with van der Waals surface area (Å²) < 4.78 is 5.50. The fourth-order valence-electron chi connectivity index (χ4n) is 4.03. The van der Waals surface area contributed by atoms with Crippen LogP contribution in [-0.2, 0) is 10.2 Å². The number of morpholine rings is 1. The quantitative estimate of drug-likeness (QED) is 0.745. The molecule has 0 radical (unpaired) electrons. The van der Waals surface area contributed by atoms with Crippen LogP contribution in [0, 0.1) is 19.8 Å². The van der Waals surface area contributed by atoms with Crippen LogP contribution < -0.4 is 5.32 Å². The number of amides is 1. The first kappa shape index (κ1) is 23.1. The molecule has 0 saturated carbocycles. The van der Waals surface area contributed by atoms with E-state index >= 15 is 0 Å². The van der Waals surface area contributed by atoms with Gasteiger partial charge in [-0.1, -0.05) is 34.6 Å². The zero-order valence-electron chi connectivity index (χ0n) is 19.5. The van der Waals surface area contributed by atoms with Crippen LogP contribution in [0.1, 0.15) is 67.8 Å². The Balaban J connectivity index is 1.80. The second-order valence-electron chi connectivity index (χ2n) is 9.76. The third-order valence-electron chi connectivity index (χ3n) is 5.65. The van der Waals surface area contributed by atoms with Gasteiger partial charge in [-0.2, -0.15) is 0 Å². The van der Waals surface area contributed by atoms with Crippen molar-refractivity contribution < 1.29 is 9.53 Å². The molecule has 1 aliphatic heterocycles. The largest absolute Gasteiger partial charge is 0.379 e. The molecule has 1 amide bonds. The number of fused-ring (bicyclic) bond motifs is 1. The van der Waals surface area contributed by atoms with Crippen LogP contribution in [0.25, 0.3) is 10.2 Å². The van der Waals surface area contributed by atoms with E-state index < -0.39 is 0 Å². The summed E-state index contributed by atoms with van der Waals surface area (Å²) >= 11 is 1.48. The molecule has 3 rings (SSSR count). The zero-order valence-corrected chi connectivity index (χ0v) is 20.3. The first-order valence-corrected chi connectivity index (χ1v) is 11.8. The molecule has 3 heterocycles. The van der Waals surface area contributed by atoms with Gasteiger partial charge < -0.3 is 10.1 Å². The molecular formula is C23H36N4O2S. The topological polar surface area (TPSA) is 67.4 Å². The Hall–Kier alpha value is -1.57. The maximum absolute atomic E-state index is 13.1.